The van der Waals surface area contributed by atoms with E-state index in [-0.39, 0.29) is 12.2 Å². The summed E-state index contributed by atoms with van der Waals surface area (Å²) in [6, 6.07) is 6.01. The number of hydrogen-bond acceptors (Lipinski definition) is 3. The van der Waals surface area contributed by atoms with E-state index in [0.717, 1.165) is 0 Å². The predicted molar refractivity (Wildman–Crippen MR) is 78.2 cm³/mol. The van der Waals surface area contributed by atoms with E-state index in [1.807, 2.05) is 26.8 Å². The smallest absolute Gasteiger partial charge is 0.143 e. The average Bonchev–Trinajstić information content (AvgIpc) is 2.30. The fourth-order valence-electron chi connectivity index (χ4n) is 1.33. The molecule has 1 aromatic carbocycles. The largest absolute Gasteiger partial charge is 0.598 e. The summed E-state index contributed by atoms with van der Waals surface area (Å²) in [5.74, 6) is -0.377. The lowest BCUT2D eigenvalue weighted by molar-refractivity contribution is 0.532. The third kappa shape index (κ3) is 5.11. The Morgan fingerprint density at radius 1 is 1.53 bits per heavy atom. The molecule has 19 heavy (non-hydrogen) atoms. The van der Waals surface area contributed by atoms with Crippen LogP contribution in [0.3, 0.4) is 0 Å². The Bertz CT molecular complexity index is 485. The highest BCUT2D eigenvalue weighted by atomic mass is 79.9. The van der Waals surface area contributed by atoms with Crippen molar-refractivity contribution in [1.82, 2.24) is 4.72 Å². The third-order valence-electron chi connectivity index (χ3n) is 2.40. The quantitative estimate of drug-likeness (QED) is 0.852. The summed E-state index contributed by atoms with van der Waals surface area (Å²) in [5, 5.41) is 9.07. The molecule has 0 bridgehead atoms. The zero-order chi connectivity index (χ0) is 14.6. The SMILES string of the molecule is CC(C)(C)[S@@+]([O-])N[C@H](C#N)Cc1ccc(Br)cc1F. The van der Waals surface area contributed by atoms with Gasteiger partial charge in [-0.05, 0) is 38.5 Å². The maximum atomic E-state index is 13.7. The predicted octanol–water partition coefficient (Wildman–Crippen LogP) is 3.07. The first-order chi connectivity index (χ1) is 8.74. The van der Waals surface area contributed by atoms with Crippen LogP contribution in [0.15, 0.2) is 22.7 Å². The van der Waals surface area contributed by atoms with Crippen LogP contribution in [0.1, 0.15) is 26.3 Å². The van der Waals surface area contributed by atoms with Gasteiger partial charge in [-0.2, -0.15) is 5.26 Å². The van der Waals surface area contributed by atoms with Crippen molar-refractivity contribution < 1.29 is 8.94 Å². The molecule has 1 N–H and O–H groups in total. The second-order valence-corrected chi connectivity index (χ2v) is 8.03. The Balaban J connectivity index is 2.75. The van der Waals surface area contributed by atoms with Crippen LogP contribution in [0.4, 0.5) is 4.39 Å². The van der Waals surface area contributed by atoms with E-state index in [2.05, 4.69) is 20.7 Å². The van der Waals surface area contributed by atoms with E-state index in [0.29, 0.717) is 10.0 Å². The van der Waals surface area contributed by atoms with Crippen LogP contribution >= 0.6 is 15.9 Å². The molecule has 0 spiro atoms. The summed E-state index contributed by atoms with van der Waals surface area (Å²) in [7, 11) is 0. The first-order valence-electron chi connectivity index (χ1n) is 5.75. The molecule has 0 saturated heterocycles. The fourth-order valence-corrected chi connectivity index (χ4v) is 2.41. The standard InChI is InChI=1S/C13H16BrFN2OS/c1-13(2,3)19(18)17-11(8-16)6-9-4-5-10(14)7-12(9)15/h4-5,7,11,17H,6H2,1-3H3/t11-,19+/m0/s1. The molecular weight excluding hydrogens is 331 g/mol. The minimum Gasteiger partial charge on any atom is -0.598 e. The van der Waals surface area contributed by atoms with E-state index in [4.69, 9.17) is 5.26 Å². The molecule has 0 aliphatic rings. The highest BCUT2D eigenvalue weighted by Gasteiger charge is 2.29. The molecule has 0 aliphatic carbocycles. The van der Waals surface area contributed by atoms with E-state index >= 15 is 0 Å². The molecule has 104 valence electrons. The van der Waals surface area contributed by atoms with Crippen molar-refractivity contribution in [1.29, 1.82) is 5.26 Å². The van der Waals surface area contributed by atoms with Gasteiger partial charge in [-0.15, -0.1) is 4.72 Å². The Morgan fingerprint density at radius 2 is 2.16 bits per heavy atom. The molecule has 3 nitrogen and oxygen atoms in total. The minimum atomic E-state index is -1.36. The summed E-state index contributed by atoms with van der Waals surface area (Å²) >= 11 is 1.82. The zero-order valence-electron chi connectivity index (χ0n) is 11.0. The topological polar surface area (TPSA) is 58.9 Å². The molecule has 1 aromatic rings. The zero-order valence-corrected chi connectivity index (χ0v) is 13.4. The second-order valence-electron chi connectivity index (χ2n) is 5.12. The Kier molecular flexibility index (Phi) is 5.81. The van der Waals surface area contributed by atoms with Crippen LogP contribution in [-0.2, 0) is 17.8 Å². The van der Waals surface area contributed by atoms with Crippen molar-refractivity contribution in [2.45, 2.75) is 38.0 Å². The lowest BCUT2D eigenvalue weighted by Crippen LogP contribution is -2.45. The van der Waals surface area contributed by atoms with Crippen molar-refractivity contribution in [3.63, 3.8) is 0 Å². The van der Waals surface area contributed by atoms with Crippen molar-refractivity contribution >= 4 is 27.3 Å². The van der Waals surface area contributed by atoms with Gasteiger partial charge >= 0.3 is 0 Å². The van der Waals surface area contributed by atoms with Crippen LogP contribution in [-0.4, -0.2) is 15.3 Å². The van der Waals surface area contributed by atoms with Crippen LogP contribution in [0, 0.1) is 17.1 Å². The van der Waals surface area contributed by atoms with Gasteiger partial charge in [0.15, 0.2) is 0 Å². The van der Waals surface area contributed by atoms with Crippen LogP contribution < -0.4 is 4.72 Å². The van der Waals surface area contributed by atoms with Crippen molar-refractivity contribution in [2.75, 3.05) is 0 Å². The molecule has 2 atom stereocenters. The third-order valence-corrected chi connectivity index (χ3v) is 4.50. The van der Waals surface area contributed by atoms with Crippen molar-refractivity contribution in [2.24, 2.45) is 0 Å². The number of nitriles is 1. The normalized spacial score (nSPS) is 14.8. The van der Waals surface area contributed by atoms with Gasteiger partial charge in [0.2, 0.25) is 0 Å². The molecule has 0 aromatic heterocycles. The van der Waals surface area contributed by atoms with E-state index < -0.39 is 22.2 Å². The molecule has 0 saturated carbocycles. The van der Waals surface area contributed by atoms with Gasteiger partial charge in [-0.25, -0.2) is 4.39 Å². The molecule has 0 heterocycles. The summed E-state index contributed by atoms with van der Waals surface area (Å²) in [5.41, 5.74) is 0.424. The van der Waals surface area contributed by atoms with E-state index in [1.54, 1.807) is 12.1 Å². The molecule has 0 unspecified atom stereocenters. The fraction of sp³-hybridized carbons (Fsp3) is 0.462. The Morgan fingerprint density at radius 3 is 2.63 bits per heavy atom. The number of nitrogens with zero attached hydrogens (tertiary/aromatic N) is 1. The van der Waals surface area contributed by atoms with E-state index in [9.17, 15) is 8.94 Å². The lowest BCUT2D eigenvalue weighted by atomic mass is 10.1. The van der Waals surface area contributed by atoms with Gasteiger partial charge < -0.3 is 4.55 Å². The molecule has 1 rings (SSSR count). The number of hydrogen-bond donors (Lipinski definition) is 1. The van der Waals surface area contributed by atoms with Gasteiger partial charge in [-0.1, -0.05) is 22.0 Å². The van der Waals surface area contributed by atoms with E-state index in [1.165, 1.54) is 6.07 Å². The maximum Gasteiger partial charge on any atom is 0.143 e. The van der Waals surface area contributed by atoms with Gasteiger partial charge in [0.25, 0.3) is 0 Å². The minimum absolute atomic E-state index is 0.178. The second kappa shape index (κ2) is 6.71. The number of halogens is 2. The summed E-state index contributed by atoms with van der Waals surface area (Å²) < 4.78 is 28.5. The van der Waals surface area contributed by atoms with Crippen molar-refractivity contribution in [3.8, 4) is 6.07 Å². The summed E-state index contributed by atoms with van der Waals surface area (Å²) in [6.07, 6.45) is 0.178. The molecule has 0 radical (unpaired) electrons. The van der Waals surface area contributed by atoms with Crippen LogP contribution in [0.2, 0.25) is 0 Å². The van der Waals surface area contributed by atoms with Gasteiger partial charge in [-0.3, -0.25) is 0 Å². The average molecular weight is 347 g/mol. The summed E-state index contributed by atoms with van der Waals surface area (Å²) in [4.78, 5) is 0. The lowest BCUT2D eigenvalue weighted by Gasteiger charge is -2.25. The number of nitrogens with one attached hydrogen (secondary N) is 1. The first kappa shape index (κ1) is 16.4. The van der Waals surface area contributed by atoms with Gasteiger partial charge in [0, 0.05) is 22.3 Å². The molecule has 0 amide bonds. The van der Waals surface area contributed by atoms with Gasteiger partial charge in [0.05, 0.1) is 6.07 Å². The van der Waals surface area contributed by atoms with Crippen molar-refractivity contribution in [3.05, 3.63) is 34.1 Å². The number of rotatable bonds is 4. The highest BCUT2D eigenvalue weighted by Crippen LogP contribution is 2.18. The molecule has 6 heteroatoms. The van der Waals surface area contributed by atoms with Gasteiger partial charge in [0.1, 0.15) is 16.6 Å². The maximum absolute atomic E-state index is 13.7. The Labute approximate surface area is 124 Å². The number of benzene rings is 1. The van der Waals surface area contributed by atoms with Crippen LogP contribution in [0.5, 0.6) is 0 Å². The summed E-state index contributed by atoms with van der Waals surface area (Å²) in [6.45, 7) is 5.43. The first-order valence-corrected chi connectivity index (χ1v) is 7.70. The monoisotopic (exact) mass is 346 g/mol. The molecular formula is C13H16BrFN2OS. The highest BCUT2D eigenvalue weighted by molar-refractivity contribution is 9.10. The molecule has 0 aliphatic heterocycles. The Hall–Kier alpha value is -0.610. The van der Waals surface area contributed by atoms with Crippen LogP contribution in [0.25, 0.3) is 0 Å². The molecule has 0 fully saturated rings.